The molecule has 0 unspecified atom stereocenters. The monoisotopic (exact) mass is 399 g/mol. The minimum absolute atomic E-state index is 0.172. The van der Waals surface area contributed by atoms with Gasteiger partial charge in [-0.25, -0.2) is 0 Å². The van der Waals surface area contributed by atoms with E-state index in [-0.39, 0.29) is 11.5 Å². The van der Waals surface area contributed by atoms with Gasteiger partial charge in [0.05, 0.1) is 6.54 Å². The minimum atomic E-state index is -0.172. The number of amides is 1. The van der Waals surface area contributed by atoms with Gasteiger partial charge < -0.3 is 14.2 Å². The number of hydrogen-bond donors (Lipinski definition) is 0. The molecule has 30 heavy (non-hydrogen) atoms. The van der Waals surface area contributed by atoms with Gasteiger partial charge in [-0.15, -0.1) is 0 Å². The zero-order valence-electron chi connectivity index (χ0n) is 17.2. The number of aromatic nitrogens is 1. The van der Waals surface area contributed by atoms with Crippen molar-refractivity contribution in [3.63, 3.8) is 0 Å². The van der Waals surface area contributed by atoms with Crippen LogP contribution < -0.4 is 4.74 Å². The Morgan fingerprint density at radius 2 is 1.87 bits per heavy atom. The maximum Gasteiger partial charge on any atom is 0.264 e. The summed E-state index contributed by atoms with van der Waals surface area (Å²) in [5.74, 6) is 0.715. The third kappa shape index (κ3) is 4.08. The van der Waals surface area contributed by atoms with E-state index in [1.54, 1.807) is 11.0 Å². The average molecular weight is 399 g/mol. The Morgan fingerprint density at radius 1 is 1.13 bits per heavy atom. The predicted molar refractivity (Wildman–Crippen MR) is 118 cm³/mol. The molecule has 3 aromatic rings. The molecule has 152 valence electrons. The molecule has 5 heteroatoms. The Morgan fingerprint density at radius 3 is 2.63 bits per heavy atom. The molecule has 2 aromatic carbocycles. The van der Waals surface area contributed by atoms with E-state index in [0.29, 0.717) is 13.2 Å². The van der Waals surface area contributed by atoms with Crippen LogP contribution in [0.1, 0.15) is 24.0 Å². The van der Waals surface area contributed by atoms with Crippen molar-refractivity contribution in [1.29, 1.82) is 5.26 Å². The third-order valence-corrected chi connectivity index (χ3v) is 5.55. The van der Waals surface area contributed by atoms with Crippen LogP contribution in [0, 0.1) is 18.3 Å². The summed E-state index contributed by atoms with van der Waals surface area (Å²) in [6.45, 7) is 4.70. The van der Waals surface area contributed by atoms with Crippen LogP contribution in [-0.4, -0.2) is 35.1 Å². The van der Waals surface area contributed by atoms with Crippen molar-refractivity contribution >= 4 is 22.9 Å². The lowest BCUT2D eigenvalue weighted by molar-refractivity contribution is -0.125. The molecule has 4 rings (SSSR count). The fraction of sp³-hybridized carbons (Fsp3) is 0.280. The molecule has 0 spiro atoms. The normalized spacial score (nSPS) is 14.1. The number of ether oxygens (including phenoxy) is 1. The van der Waals surface area contributed by atoms with Crippen LogP contribution in [0.2, 0.25) is 0 Å². The number of hydrogen-bond acceptors (Lipinski definition) is 3. The Labute approximate surface area is 176 Å². The molecule has 0 N–H and O–H groups in total. The Balaban J connectivity index is 1.58. The van der Waals surface area contributed by atoms with Crippen LogP contribution >= 0.6 is 0 Å². The number of carbonyl (C=O) groups is 1. The molecule has 0 saturated carbocycles. The van der Waals surface area contributed by atoms with Crippen LogP contribution in [0.15, 0.2) is 60.3 Å². The molecular formula is C25H25N3O2. The quantitative estimate of drug-likeness (QED) is 0.451. The van der Waals surface area contributed by atoms with E-state index in [9.17, 15) is 10.1 Å². The van der Waals surface area contributed by atoms with Gasteiger partial charge in [-0.2, -0.15) is 5.26 Å². The van der Waals surface area contributed by atoms with E-state index in [2.05, 4.69) is 16.7 Å². The van der Waals surface area contributed by atoms with Crippen molar-refractivity contribution in [2.45, 2.75) is 26.3 Å². The van der Waals surface area contributed by atoms with Gasteiger partial charge in [0.1, 0.15) is 24.0 Å². The van der Waals surface area contributed by atoms with E-state index in [1.807, 2.05) is 55.6 Å². The van der Waals surface area contributed by atoms with Crippen molar-refractivity contribution in [2.24, 2.45) is 0 Å². The molecule has 1 saturated heterocycles. The van der Waals surface area contributed by atoms with Gasteiger partial charge in [0.2, 0.25) is 0 Å². The van der Waals surface area contributed by atoms with E-state index < -0.39 is 0 Å². The summed E-state index contributed by atoms with van der Waals surface area (Å²) >= 11 is 0. The van der Waals surface area contributed by atoms with Crippen molar-refractivity contribution in [3.05, 3.63) is 71.4 Å². The van der Waals surface area contributed by atoms with Gasteiger partial charge in [-0.3, -0.25) is 4.79 Å². The maximum atomic E-state index is 12.7. The highest BCUT2D eigenvalue weighted by molar-refractivity contribution is 6.04. The second-order valence-corrected chi connectivity index (χ2v) is 7.58. The smallest absolute Gasteiger partial charge is 0.264 e. The minimum Gasteiger partial charge on any atom is -0.491 e. The molecule has 2 heterocycles. The second kappa shape index (κ2) is 8.87. The van der Waals surface area contributed by atoms with Crippen LogP contribution in [0.4, 0.5) is 0 Å². The summed E-state index contributed by atoms with van der Waals surface area (Å²) < 4.78 is 8.08. The largest absolute Gasteiger partial charge is 0.491 e. The fourth-order valence-electron chi connectivity index (χ4n) is 3.94. The summed E-state index contributed by atoms with van der Waals surface area (Å²) in [6, 6.07) is 18.1. The number of carbonyl (C=O) groups excluding carboxylic acids is 1. The maximum absolute atomic E-state index is 12.7. The van der Waals surface area contributed by atoms with Crippen molar-refractivity contribution in [1.82, 2.24) is 9.47 Å². The Bertz CT molecular complexity index is 1130. The first-order valence-corrected chi connectivity index (χ1v) is 10.3. The number of likely N-dealkylation sites (tertiary alicyclic amines) is 1. The number of fused-ring (bicyclic) bond motifs is 1. The molecule has 1 aromatic heterocycles. The molecule has 1 amide bonds. The summed E-state index contributed by atoms with van der Waals surface area (Å²) in [5.41, 5.74) is 3.24. The molecule has 1 aliphatic rings. The first-order chi connectivity index (χ1) is 14.7. The van der Waals surface area contributed by atoms with Gasteiger partial charge in [0, 0.05) is 35.8 Å². The van der Waals surface area contributed by atoms with E-state index in [1.165, 1.54) is 0 Å². The average Bonchev–Trinajstić information content (AvgIpc) is 3.42. The summed E-state index contributed by atoms with van der Waals surface area (Å²) in [7, 11) is 0. The SMILES string of the molecule is Cc1ccccc1OCCn1cc(C=C(C#N)C(=O)N2CCCC2)c2ccccc21. The van der Waals surface area contributed by atoms with Crippen molar-refractivity contribution in [2.75, 3.05) is 19.7 Å². The van der Waals surface area contributed by atoms with Gasteiger partial charge >= 0.3 is 0 Å². The molecule has 5 nitrogen and oxygen atoms in total. The highest BCUT2D eigenvalue weighted by Gasteiger charge is 2.22. The van der Waals surface area contributed by atoms with Crippen LogP contribution in [0.3, 0.4) is 0 Å². The molecule has 0 atom stereocenters. The molecule has 1 fully saturated rings. The summed E-state index contributed by atoms with van der Waals surface area (Å²) in [4.78, 5) is 14.5. The summed E-state index contributed by atoms with van der Waals surface area (Å²) in [5, 5.41) is 10.6. The molecule has 0 radical (unpaired) electrons. The number of benzene rings is 2. The zero-order chi connectivity index (χ0) is 20.9. The zero-order valence-corrected chi connectivity index (χ0v) is 17.2. The molecule has 0 bridgehead atoms. The van der Waals surface area contributed by atoms with E-state index >= 15 is 0 Å². The van der Waals surface area contributed by atoms with Gasteiger partial charge in [0.25, 0.3) is 5.91 Å². The van der Waals surface area contributed by atoms with Gasteiger partial charge in [0.15, 0.2) is 0 Å². The van der Waals surface area contributed by atoms with Gasteiger partial charge in [-0.05, 0) is 43.5 Å². The lowest BCUT2D eigenvalue weighted by atomic mass is 10.1. The Kier molecular flexibility index (Phi) is 5.85. The molecular weight excluding hydrogens is 374 g/mol. The highest BCUT2D eigenvalue weighted by Crippen LogP contribution is 2.25. The number of nitriles is 1. The third-order valence-electron chi connectivity index (χ3n) is 5.55. The van der Waals surface area contributed by atoms with Crippen molar-refractivity contribution in [3.8, 4) is 11.8 Å². The lowest BCUT2D eigenvalue weighted by Gasteiger charge is -2.13. The van der Waals surface area contributed by atoms with Gasteiger partial charge in [-0.1, -0.05) is 36.4 Å². The molecule has 0 aliphatic carbocycles. The molecule has 1 aliphatic heterocycles. The fourth-order valence-corrected chi connectivity index (χ4v) is 3.94. The van der Waals surface area contributed by atoms with E-state index in [4.69, 9.17) is 4.74 Å². The predicted octanol–water partition coefficient (Wildman–Crippen LogP) is 4.56. The van der Waals surface area contributed by atoms with Crippen LogP contribution in [-0.2, 0) is 11.3 Å². The Hall–Kier alpha value is -3.52. The number of rotatable bonds is 6. The lowest BCUT2D eigenvalue weighted by Crippen LogP contribution is -2.28. The standard InChI is InChI=1S/C25H25N3O2/c1-19-8-2-5-11-24(19)30-15-14-28-18-21(22-9-3-4-10-23(22)28)16-20(17-26)25(29)27-12-6-7-13-27/h2-5,8-11,16,18H,6-7,12-15H2,1H3. The van der Waals surface area contributed by atoms with Crippen LogP contribution in [0.25, 0.3) is 17.0 Å². The van der Waals surface area contributed by atoms with E-state index in [0.717, 1.165) is 53.7 Å². The first kappa shape index (κ1) is 19.8. The first-order valence-electron chi connectivity index (χ1n) is 10.3. The van der Waals surface area contributed by atoms with Crippen molar-refractivity contribution < 1.29 is 9.53 Å². The summed E-state index contributed by atoms with van der Waals surface area (Å²) in [6.07, 6.45) is 5.73. The number of nitrogens with zero attached hydrogens (tertiary/aromatic N) is 3. The second-order valence-electron chi connectivity index (χ2n) is 7.58. The van der Waals surface area contributed by atoms with Crippen LogP contribution in [0.5, 0.6) is 5.75 Å². The topological polar surface area (TPSA) is 58.3 Å². The highest BCUT2D eigenvalue weighted by atomic mass is 16.5. The number of para-hydroxylation sites is 2. The number of aryl methyl sites for hydroxylation is 1.